The van der Waals surface area contributed by atoms with E-state index in [1.165, 1.54) is 0 Å². The maximum absolute atomic E-state index is 11.2. The van der Waals surface area contributed by atoms with Crippen LogP contribution in [0.1, 0.15) is 35.1 Å². The van der Waals surface area contributed by atoms with Crippen LogP contribution in [0.4, 0.5) is 0 Å². The summed E-state index contributed by atoms with van der Waals surface area (Å²) < 4.78 is 2.03. The van der Waals surface area contributed by atoms with Crippen molar-refractivity contribution in [2.75, 3.05) is 0 Å². The molecule has 0 bridgehead atoms. The number of carbonyl (C=O) groups is 1. The number of aryl methyl sites for hydroxylation is 1. The third kappa shape index (κ3) is 2.02. The number of nitrogens with two attached hydrogens (primary N) is 1. The van der Waals surface area contributed by atoms with Gasteiger partial charge in [0.05, 0.1) is 17.3 Å². The van der Waals surface area contributed by atoms with Crippen molar-refractivity contribution in [2.45, 2.75) is 25.4 Å². The molecule has 0 aliphatic carbocycles. The first kappa shape index (κ1) is 11.9. The van der Waals surface area contributed by atoms with Crippen LogP contribution in [0.15, 0.2) is 30.5 Å². The Morgan fingerprint density at radius 1 is 1.42 bits per heavy atom. The highest BCUT2D eigenvalue weighted by Crippen LogP contribution is 2.28. The number of carboxylic acids is 1. The van der Waals surface area contributed by atoms with Crippen molar-refractivity contribution in [1.29, 1.82) is 0 Å². The summed E-state index contributed by atoms with van der Waals surface area (Å²) in [5, 5.41) is 9.22. The van der Waals surface area contributed by atoms with Gasteiger partial charge in [0, 0.05) is 18.3 Å². The van der Waals surface area contributed by atoms with E-state index >= 15 is 0 Å². The zero-order valence-electron chi connectivity index (χ0n) is 10.4. The van der Waals surface area contributed by atoms with E-state index in [2.05, 4.69) is 4.98 Å². The highest BCUT2D eigenvalue weighted by molar-refractivity contribution is 5.95. The van der Waals surface area contributed by atoms with Gasteiger partial charge in [-0.2, -0.15) is 0 Å². The lowest BCUT2D eigenvalue weighted by atomic mass is 10.1. The van der Waals surface area contributed by atoms with Crippen molar-refractivity contribution in [3.05, 3.63) is 41.9 Å². The summed E-state index contributed by atoms with van der Waals surface area (Å²) in [6.07, 6.45) is 3.86. The molecule has 1 aromatic carbocycles. The van der Waals surface area contributed by atoms with Gasteiger partial charge in [0.1, 0.15) is 5.82 Å². The number of rotatable bonds is 2. The third-order valence-electron chi connectivity index (χ3n) is 3.49. The lowest BCUT2D eigenvalue weighted by Crippen LogP contribution is -2.21. The molecule has 5 heteroatoms. The molecule has 19 heavy (non-hydrogen) atoms. The molecule has 98 valence electrons. The zero-order valence-corrected chi connectivity index (χ0v) is 10.4. The molecule has 0 radical (unpaired) electrons. The Hall–Kier alpha value is -2.14. The molecule has 0 spiro atoms. The van der Waals surface area contributed by atoms with Crippen molar-refractivity contribution < 1.29 is 9.90 Å². The van der Waals surface area contributed by atoms with Crippen LogP contribution in [0.2, 0.25) is 0 Å². The van der Waals surface area contributed by atoms with Gasteiger partial charge in [0.25, 0.3) is 0 Å². The molecule has 5 nitrogen and oxygen atoms in total. The molecule has 2 aromatic rings. The molecule has 3 rings (SSSR count). The minimum absolute atomic E-state index is 0.0560. The number of imidazole rings is 1. The molecule has 0 fully saturated rings. The summed E-state index contributed by atoms with van der Waals surface area (Å²) in [6, 6.07) is 6.85. The van der Waals surface area contributed by atoms with Crippen LogP contribution in [0.25, 0.3) is 11.3 Å². The standard InChI is InChI=1S/C14H15N3O2/c15-11-6-3-7-17-8-12(16-13(11)17)9-4-1-2-5-10(9)14(18)19/h1-2,4-5,8,11H,3,6-7,15H2,(H,18,19). The van der Waals surface area contributed by atoms with Crippen LogP contribution in [-0.2, 0) is 6.54 Å². The number of hydrogen-bond donors (Lipinski definition) is 2. The molecule has 1 unspecified atom stereocenters. The lowest BCUT2D eigenvalue weighted by molar-refractivity contribution is 0.0697. The summed E-state index contributed by atoms with van der Waals surface area (Å²) in [6.45, 7) is 0.894. The van der Waals surface area contributed by atoms with Crippen LogP contribution >= 0.6 is 0 Å². The van der Waals surface area contributed by atoms with Gasteiger partial charge in [-0.15, -0.1) is 0 Å². The van der Waals surface area contributed by atoms with Crippen molar-refractivity contribution in [3.8, 4) is 11.3 Å². The molecule has 2 heterocycles. The van der Waals surface area contributed by atoms with E-state index in [1.807, 2.05) is 16.8 Å². The van der Waals surface area contributed by atoms with Gasteiger partial charge in [0.2, 0.25) is 0 Å². The molecular formula is C14H15N3O2. The Morgan fingerprint density at radius 2 is 2.21 bits per heavy atom. The highest BCUT2D eigenvalue weighted by atomic mass is 16.4. The van der Waals surface area contributed by atoms with Gasteiger partial charge in [-0.05, 0) is 18.9 Å². The van der Waals surface area contributed by atoms with E-state index in [0.29, 0.717) is 11.3 Å². The fourth-order valence-electron chi connectivity index (χ4n) is 2.54. The van der Waals surface area contributed by atoms with E-state index in [-0.39, 0.29) is 11.6 Å². The second kappa shape index (κ2) is 4.51. The first-order valence-electron chi connectivity index (χ1n) is 6.32. The monoisotopic (exact) mass is 257 g/mol. The van der Waals surface area contributed by atoms with Crippen LogP contribution in [-0.4, -0.2) is 20.6 Å². The Labute approximate surface area is 110 Å². The highest BCUT2D eigenvalue weighted by Gasteiger charge is 2.21. The van der Waals surface area contributed by atoms with Crippen molar-refractivity contribution in [1.82, 2.24) is 9.55 Å². The van der Waals surface area contributed by atoms with Crippen molar-refractivity contribution >= 4 is 5.97 Å². The number of aromatic nitrogens is 2. The smallest absolute Gasteiger partial charge is 0.336 e. The Morgan fingerprint density at radius 3 is 2.95 bits per heavy atom. The van der Waals surface area contributed by atoms with Gasteiger partial charge in [-0.3, -0.25) is 0 Å². The second-order valence-electron chi connectivity index (χ2n) is 4.78. The third-order valence-corrected chi connectivity index (χ3v) is 3.49. The molecule has 0 amide bonds. The Kier molecular flexibility index (Phi) is 2.83. The summed E-state index contributed by atoms with van der Waals surface area (Å²) >= 11 is 0. The van der Waals surface area contributed by atoms with Gasteiger partial charge in [-0.25, -0.2) is 9.78 Å². The summed E-state index contributed by atoms with van der Waals surface area (Å²) in [5.74, 6) is -0.0905. The van der Waals surface area contributed by atoms with E-state index in [4.69, 9.17) is 5.73 Å². The number of aromatic carboxylic acids is 1. The summed E-state index contributed by atoms with van der Waals surface area (Å²) in [4.78, 5) is 15.8. The normalized spacial score (nSPS) is 18.1. The van der Waals surface area contributed by atoms with E-state index in [1.54, 1.807) is 18.2 Å². The van der Waals surface area contributed by atoms with E-state index < -0.39 is 5.97 Å². The molecule has 0 saturated carbocycles. The SMILES string of the molecule is NC1CCCn2cc(-c3ccccc3C(=O)O)nc21. The first-order valence-corrected chi connectivity index (χ1v) is 6.32. The Bertz CT molecular complexity index is 633. The van der Waals surface area contributed by atoms with Gasteiger partial charge in [-0.1, -0.05) is 18.2 Å². The van der Waals surface area contributed by atoms with Gasteiger partial charge >= 0.3 is 5.97 Å². The van der Waals surface area contributed by atoms with Crippen LogP contribution in [0, 0.1) is 0 Å². The predicted octanol–water partition coefficient (Wildman–Crippen LogP) is 2.04. The number of hydrogen-bond acceptors (Lipinski definition) is 3. The first-order chi connectivity index (χ1) is 9.16. The molecular weight excluding hydrogens is 242 g/mol. The topological polar surface area (TPSA) is 81.1 Å². The molecule has 1 atom stereocenters. The fraction of sp³-hybridized carbons (Fsp3) is 0.286. The van der Waals surface area contributed by atoms with Crippen LogP contribution in [0.5, 0.6) is 0 Å². The molecule has 3 N–H and O–H groups in total. The number of nitrogens with zero attached hydrogens (tertiary/aromatic N) is 2. The molecule has 1 aromatic heterocycles. The predicted molar refractivity (Wildman–Crippen MR) is 70.8 cm³/mol. The zero-order chi connectivity index (χ0) is 13.4. The summed E-state index contributed by atoms with van der Waals surface area (Å²) in [5.41, 5.74) is 7.63. The molecule has 1 aliphatic rings. The Balaban J connectivity index is 2.11. The second-order valence-corrected chi connectivity index (χ2v) is 4.78. The van der Waals surface area contributed by atoms with E-state index in [0.717, 1.165) is 25.2 Å². The van der Waals surface area contributed by atoms with Crippen LogP contribution < -0.4 is 5.73 Å². The minimum Gasteiger partial charge on any atom is -0.478 e. The number of carboxylic acid groups (broad SMARTS) is 1. The quantitative estimate of drug-likeness (QED) is 0.862. The van der Waals surface area contributed by atoms with Crippen LogP contribution in [0.3, 0.4) is 0 Å². The van der Waals surface area contributed by atoms with Gasteiger partial charge < -0.3 is 15.4 Å². The lowest BCUT2D eigenvalue weighted by Gasteiger charge is -2.19. The molecule has 1 aliphatic heterocycles. The largest absolute Gasteiger partial charge is 0.478 e. The maximum Gasteiger partial charge on any atom is 0.336 e. The average Bonchev–Trinajstić information content (AvgIpc) is 2.84. The van der Waals surface area contributed by atoms with Gasteiger partial charge in [0.15, 0.2) is 0 Å². The minimum atomic E-state index is -0.939. The number of benzene rings is 1. The number of fused-ring (bicyclic) bond motifs is 1. The summed E-state index contributed by atoms with van der Waals surface area (Å²) in [7, 11) is 0. The maximum atomic E-state index is 11.2. The van der Waals surface area contributed by atoms with Crippen molar-refractivity contribution in [2.24, 2.45) is 5.73 Å². The average molecular weight is 257 g/mol. The van der Waals surface area contributed by atoms with E-state index in [9.17, 15) is 9.90 Å². The van der Waals surface area contributed by atoms with Crippen molar-refractivity contribution in [3.63, 3.8) is 0 Å². The molecule has 0 saturated heterocycles. The fourth-order valence-corrected chi connectivity index (χ4v) is 2.54.